The molecule has 4 nitrogen and oxygen atoms in total. The normalized spacial score (nSPS) is 17.8. The highest BCUT2D eigenvalue weighted by Crippen LogP contribution is 2.26. The number of hydrogen-bond acceptors (Lipinski definition) is 2. The predicted octanol–water partition coefficient (Wildman–Crippen LogP) is 2.84. The second kappa shape index (κ2) is 6.31. The molecule has 21 heavy (non-hydrogen) atoms. The first-order chi connectivity index (χ1) is 10.3. The van der Waals surface area contributed by atoms with Crippen molar-refractivity contribution in [2.75, 3.05) is 6.54 Å². The Bertz CT molecular complexity index is 614. The number of amides is 1. The van der Waals surface area contributed by atoms with E-state index in [0.717, 1.165) is 23.7 Å². The van der Waals surface area contributed by atoms with Gasteiger partial charge in [-0.2, -0.15) is 0 Å². The second-order valence-corrected chi connectivity index (χ2v) is 5.92. The van der Waals surface area contributed by atoms with Crippen molar-refractivity contribution in [1.82, 2.24) is 10.3 Å². The molecule has 1 aromatic heterocycles. The van der Waals surface area contributed by atoms with E-state index in [2.05, 4.69) is 10.3 Å². The Morgan fingerprint density at radius 2 is 2.10 bits per heavy atom. The molecular weight excluding hydrogens is 264 g/mol. The minimum atomic E-state index is -0.431. The van der Waals surface area contributed by atoms with Gasteiger partial charge in [0.2, 0.25) is 0 Å². The largest absolute Gasteiger partial charge is 0.391 e. The molecule has 0 bridgehead atoms. The molecule has 0 radical (unpaired) electrons. The van der Waals surface area contributed by atoms with E-state index in [4.69, 9.17) is 0 Å². The zero-order valence-electron chi connectivity index (χ0n) is 12.1. The third kappa shape index (κ3) is 3.10. The number of hydrogen-bond donors (Lipinski definition) is 3. The van der Waals surface area contributed by atoms with E-state index in [1.165, 1.54) is 19.3 Å². The SMILES string of the molecule is O=C(NC[C@H](O)C1CCCCC1)c1cccc2[nH]ccc12. The molecule has 1 atom stereocenters. The van der Waals surface area contributed by atoms with Crippen LogP contribution in [0, 0.1) is 5.92 Å². The van der Waals surface area contributed by atoms with Gasteiger partial charge in [-0.1, -0.05) is 25.3 Å². The van der Waals surface area contributed by atoms with Crippen molar-refractivity contribution in [2.24, 2.45) is 5.92 Å². The molecular formula is C17H22N2O2. The number of nitrogens with one attached hydrogen (secondary N) is 2. The van der Waals surface area contributed by atoms with Crippen LogP contribution in [0.5, 0.6) is 0 Å². The third-order valence-corrected chi connectivity index (χ3v) is 4.51. The average molecular weight is 286 g/mol. The van der Waals surface area contributed by atoms with E-state index in [0.29, 0.717) is 18.0 Å². The lowest BCUT2D eigenvalue weighted by molar-refractivity contribution is 0.0739. The van der Waals surface area contributed by atoms with Crippen LogP contribution < -0.4 is 5.32 Å². The predicted molar refractivity (Wildman–Crippen MR) is 83.2 cm³/mol. The van der Waals surface area contributed by atoms with E-state index < -0.39 is 6.10 Å². The first-order valence-corrected chi connectivity index (χ1v) is 7.78. The van der Waals surface area contributed by atoms with E-state index in [9.17, 15) is 9.90 Å². The van der Waals surface area contributed by atoms with Crippen molar-refractivity contribution in [3.63, 3.8) is 0 Å². The van der Waals surface area contributed by atoms with E-state index in [1.54, 1.807) is 0 Å². The number of fused-ring (bicyclic) bond motifs is 1. The van der Waals surface area contributed by atoms with Crippen LogP contribution in [0.3, 0.4) is 0 Å². The number of carbonyl (C=O) groups excluding carboxylic acids is 1. The molecule has 1 heterocycles. The summed E-state index contributed by atoms with van der Waals surface area (Å²) in [6, 6.07) is 7.54. The van der Waals surface area contributed by atoms with Gasteiger partial charge in [0, 0.05) is 29.2 Å². The van der Waals surface area contributed by atoms with E-state index in [-0.39, 0.29) is 5.91 Å². The molecule has 112 valence electrons. The molecule has 3 rings (SSSR count). The van der Waals surface area contributed by atoms with Crippen LogP contribution in [0.1, 0.15) is 42.5 Å². The molecule has 3 N–H and O–H groups in total. The van der Waals surface area contributed by atoms with Crippen LogP contribution in [0.4, 0.5) is 0 Å². The van der Waals surface area contributed by atoms with E-state index >= 15 is 0 Å². The summed E-state index contributed by atoms with van der Waals surface area (Å²) in [5, 5.41) is 14.0. The number of H-pyrrole nitrogens is 1. The first-order valence-electron chi connectivity index (χ1n) is 7.78. The first kappa shape index (κ1) is 14.1. The Kier molecular flexibility index (Phi) is 4.25. The van der Waals surface area contributed by atoms with Crippen molar-refractivity contribution in [1.29, 1.82) is 0 Å². The van der Waals surface area contributed by atoms with Crippen LogP contribution in [-0.4, -0.2) is 28.6 Å². The van der Waals surface area contributed by atoms with Gasteiger partial charge in [-0.25, -0.2) is 0 Å². The molecule has 1 aliphatic rings. The molecule has 1 aliphatic carbocycles. The standard InChI is InChI=1S/C17H22N2O2/c20-16(12-5-2-1-3-6-12)11-19-17(21)14-7-4-8-15-13(14)9-10-18-15/h4,7-10,12,16,18,20H,1-3,5-6,11H2,(H,19,21)/t16-/m0/s1. The maximum absolute atomic E-state index is 12.3. The molecule has 0 unspecified atom stereocenters. The summed E-state index contributed by atoms with van der Waals surface area (Å²) >= 11 is 0. The maximum atomic E-state index is 12.3. The summed E-state index contributed by atoms with van der Waals surface area (Å²) in [5.74, 6) is 0.220. The number of aliphatic hydroxyl groups is 1. The molecule has 1 amide bonds. The lowest BCUT2D eigenvalue weighted by Gasteiger charge is -2.26. The maximum Gasteiger partial charge on any atom is 0.252 e. The average Bonchev–Trinajstić information content (AvgIpc) is 3.01. The lowest BCUT2D eigenvalue weighted by atomic mass is 9.85. The van der Waals surface area contributed by atoms with Gasteiger partial charge in [-0.15, -0.1) is 0 Å². The van der Waals surface area contributed by atoms with Crippen molar-refractivity contribution in [3.8, 4) is 0 Å². The molecule has 1 fully saturated rings. The Labute approximate surface area is 124 Å². The van der Waals surface area contributed by atoms with Crippen LogP contribution in [-0.2, 0) is 0 Å². The van der Waals surface area contributed by atoms with Crippen LogP contribution >= 0.6 is 0 Å². The fourth-order valence-electron chi connectivity index (χ4n) is 3.26. The third-order valence-electron chi connectivity index (χ3n) is 4.51. The summed E-state index contributed by atoms with van der Waals surface area (Å²) in [6.45, 7) is 0.338. The molecule has 0 spiro atoms. The van der Waals surface area contributed by atoms with Gasteiger partial charge in [0.05, 0.1) is 6.10 Å². The van der Waals surface area contributed by atoms with E-state index in [1.807, 2.05) is 30.5 Å². The molecule has 1 aromatic carbocycles. The molecule has 1 saturated carbocycles. The Hall–Kier alpha value is -1.81. The minimum Gasteiger partial charge on any atom is -0.391 e. The highest BCUT2D eigenvalue weighted by Gasteiger charge is 2.22. The van der Waals surface area contributed by atoms with Crippen molar-refractivity contribution >= 4 is 16.8 Å². The van der Waals surface area contributed by atoms with Crippen LogP contribution in [0.2, 0.25) is 0 Å². The van der Waals surface area contributed by atoms with Gasteiger partial charge in [-0.05, 0) is 37.0 Å². The summed E-state index contributed by atoms with van der Waals surface area (Å²) in [6.07, 6.45) is 7.20. The van der Waals surface area contributed by atoms with Gasteiger partial charge in [0.1, 0.15) is 0 Å². The Balaban J connectivity index is 1.62. The number of aromatic nitrogens is 1. The van der Waals surface area contributed by atoms with Gasteiger partial charge in [0.15, 0.2) is 0 Å². The van der Waals surface area contributed by atoms with Gasteiger partial charge in [-0.3, -0.25) is 4.79 Å². The summed E-state index contributed by atoms with van der Waals surface area (Å²) in [4.78, 5) is 15.4. The second-order valence-electron chi connectivity index (χ2n) is 5.92. The molecule has 0 aliphatic heterocycles. The molecule has 2 aromatic rings. The summed E-state index contributed by atoms with van der Waals surface area (Å²) < 4.78 is 0. The number of aromatic amines is 1. The number of carbonyl (C=O) groups is 1. The summed E-state index contributed by atoms with van der Waals surface area (Å²) in [7, 11) is 0. The highest BCUT2D eigenvalue weighted by atomic mass is 16.3. The monoisotopic (exact) mass is 286 g/mol. The van der Waals surface area contributed by atoms with Gasteiger partial charge in [0.25, 0.3) is 5.91 Å². The zero-order chi connectivity index (χ0) is 14.7. The fourth-order valence-corrected chi connectivity index (χ4v) is 3.26. The van der Waals surface area contributed by atoms with Crippen molar-refractivity contribution in [3.05, 3.63) is 36.0 Å². The highest BCUT2D eigenvalue weighted by molar-refractivity contribution is 6.06. The number of aliphatic hydroxyl groups excluding tert-OH is 1. The summed E-state index contributed by atoms with van der Waals surface area (Å²) in [5.41, 5.74) is 1.61. The lowest BCUT2D eigenvalue weighted by Crippen LogP contribution is -2.37. The molecule has 4 heteroatoms. The Morgan fingerprint density at radius 3 is 2.90 bits per heavy atom. The Morgan fingerprint density at radius 1 is 1.29 bits per heavy atom. The fraction of sp³-hybridized carbons (Fsp3) is 0.471. The van der Waals surface area contributed by atoms with Crippen LogP contribution in [0.25, 0.3) is 10.9 Å². The van der Waals surface area contributed by atoms with Crippen LogP contribution in [0.15, 0.2) is 30.5 Å². The molecule has 0 saturated heterocycles. The van der Waals surface area contributed by atoms with Gasteiger partial charge >= 0.3 is 0 Å². The van der Waals surface area contributed by atoms with Crippen molar-refractivity contribution in [2.45, 2.75) is 38.2 Å². The topological polar surface area (TPSA) is 65.1 Å². The van der Waals surface area contributed by atoms with Gasteiger partial charge < -0.3 is 15.4 Å². The number of rotatable bonds is 4. The smallest absolute Gasteiger partial charge is 0.252 e. The quantitative estimate of drug-likeness (QED) is 0.809. The minimum absolute atomic E-state index is 0.116. The zero-order valence-corrected chi connectivity index (χ0v) is 12.1. The van der Waals surface area contributed by atoms with Crippen molar-refractivity contribution < 1.29 is 9.90 Å². The number of benzene rings is 1.